The van der Waals surface area contributed by atoms with Gasteiger partial charge in [-0.3, -0.25) is 4.79 Å². The maximum Gasteiger partial charge on any atom is 0.234 e. The molecule has 1 aromatic heterocycles. The van der Waals surface area contributed by atoms with Crippen LogP contribution < -0.4 is 5.32 Å². The second kappa shape index (κ2) is 9.55. The van der Waals surface area contributed by atoms with Gasteiger partial charge in [0.25, 0.3) is 0 Å². The van der Waals surface area contributed by atoms with Gasteiger partial charge in [0.2, 0.25) is 5.91 Å². The number of rotatable bonds is 8. The van der Waals surface area contributed by atoms with Crippen LogP contribution in [0.2, 0.25) is 0 Å². The predicted molar refractivity (Wildman–Crippen MR) is 116 cm³/mol. The van der Waals surface area contributed by atoms with Crippen molar-refractivity contribution in [3.63, 3.8) is 0 Å². The molecule has 0 aliphatic rings. The summed E-state index contributed by atoms with van der Waals surface area (Å²) in [6.45, 7) is 7.13. The Hall–Kier alpha value is -2.60. The first kappa shape index (κ1) is 20.1. The summed E-state index contributed by atoms with van der Waals surface area (Å²) in [6, 6.07) is 18.0. The number of thioether (sulfide) groups is 1. The lowest BCUT2D eigenvalue weighted by atomic mass is 9.97. The Bertz CT molecular complexity index is 923. The normalized spacial score (nSPS) is 12.0. The summed E-state index contributed by atoms with van der Waals surface area (Å²) >= 11 is 1.41. The molecule has 1 atom stereocenters. The Morgan fingerprint density at radius 2 is 1.79 bits per heavy atom. The number of hydrogen-bond acceptors (Lipinski definition) is 4. The third-order valence-corrected chi connectivity index (χ3v) is 5.74. The molecule has 1 heterocycles. The quantitative estimate of drug-likeness (QED) is 0.533. The minimum Gasteiger partial charge on any atom is -0.325 e. The molecule has 0 fully saturated rings. The van der Waals surface area contributed by atoms with E-state index in [9.17, 15) is 4.79 Å². The highest BCUT2D eigenvalue weighted by molar-refractivity contribution is 7.99. The van der Waals surface area contributed by atoms with Crippen LogP contribution in [0.15, 0.2) is 59.8 Å². The summed E-state index contributed by atoms with van der Waals surface area (Å²) in [6.07, 6.45) is 1.03. The fraction of sp³-hybridized carbons (Fsp3) is 0.318. The summed E-state index contributed by atoms with van der Waals surface area (Å²) in [7, 11) is 0. The van der Waals surface area contributed by atoms with E-state index in [0.717, 1.165) is 35.2 Å². The molecule has 6 heteroatoms. The number of hydrogen-bond donors (Lipinski definition) is 1. The zero-order chi connectivity index (χ0) is 19.9. The van der Waals surface area contributed by atoms with E-state index in [-0.39, 0.29) is 5.91 Å². The number of amides is 1. The number of para-hydroxylation sites is 1. The molecule has 0 radical (unpaired) electrons. The third kappa shape index (κ3) is 4.62. The van der Waals surface area contributed by atoms with Crippen LogP contribution in [-0.2, 0) is 11.3 Å². The van der Waals surface area contributed by atoms with Gasteiger partial charge in [-0.05, 0) is 30.9 Å². The topological polar surface area (TPSA) is 59.8 Å². The Morgan fingerprint density at radius 3 is 2.50 bits per heavy atom. The molecule has 0 aliphatic carbocycles. The molecule has 0 unspecified atom stereocenters. The van der Waals surface area contributed by atoms with Gasteiger partial charge < -0.3 is 9.88 Å². The predicted octanol–water partition coefficient (Wildman–Crippen LogP) is 5.21. The van der Waals surface area contributed by atoms with Crippen molar-refractivity contribution in [2.45, 2.75) is 44.8 Å². The van der Waals surface area contributed by atoms with Gasteiger partial charge in [0.05, 0.1) is 5.75 Å². The number of anilines is 1. The molecule has 146 valence electrons. The lowest BCUT2D eigenvalue weighted by molar-refractivity contribution is -0.113. The Morgan fingerprint density at radius 1 is 1.07 bits per heavy atom. The van der Waals surface area contributed by atoms with Crippen molar-refractivity contribution in [3.8, 4) is 11.4 Å². The maximum atomic E-state index is 12.5. The molecular weight excluding hydrogens is 368 g/mol. The molecule has 0 bridgehead atoms. The molecule has 0 saturated heterocycles. The highest BCUT2D eigenvalue weighted by atomic mass is 32.2. The van der Waals surface area contributed by atoms with E-state index in [2.05, 4.69) is 42.4 Å². The van der Waals surface area contributed by atoms with Crippen LogP contribution >= 0.6 is 11.8 Å². The fourth-order valence-corrected chi connectivity index (χ4v) is 3.86. The summed E-state index contributed by atoms with van der Waals surface area (Å²) < 4.78 is 2.04. The number of aromatic nitrogens is 3. The Labute approximate surface area is 170 Å². The van der Waals surface area contributed by atoms with E-state index in [4.69, 9.17) is 0 Å². The van der Waals surface area contributed by atoms with Crippen molar-refractivity contribution >= 4 is 23.4 Å². The average molecular weight is 395 g/mol. The van der Waals surface area contributed by atoms with Crippen LogP contribution in [0, 0.1) is 0 Å². The lowest BCUT2D eigenvalue weighted by Gasteiger charge is -2.15. The van der Waals surface area contributed by atoms with Crippen LogP contribution in [0.3, 0.4) is 0 Å². The molecule has 1 amide bonds. The third-order valence-electron chi connectivity index (χ3n) is 4.78. The second-order valence-corrected chi connectivity index (χ2v) is 7.59. The van der Waals surface area contributed by atoms with Crippen molar-refractivity contribution < 1.29 is 4.79 Å². The summed E-state index contributed by atoms with van der Waals surface area (Å²) in [4.78, 5) is 12.5. The molecule has 0 aliphatic heterocycles. The number of nitrogens with zero attached hydrogens (tertiary/aromatic N) is 3. The molecule has 28 heavy (non-hydrogen) atoms. The molecule has 1 N–H and O–H groups in total. The molecule has 0 saturated carbocycles. The molecular formula is C22H26N4OS. The van der Waals surface area contributed by atoms with Crippen molar-refractivity contribution in [2.75, 3.05) is 11.1 Å². The van der Waals surface area contributed by atoms with Crippen molar-refractivity contribution in [1.29, 1.82) is 0 Å². The van der Waals surface area contributed by atoms with Gasteiger partial charge in [0.15, 0.2) is 11.0 Å². The average Bonchev–Trinajstić information content (AvgIpc) is 3.15. The first-order valence-electron chi connectivity index (χ1n) is 9.64. The molecule has 2 aromatic carbocycles. The van der Waals surface area contributed by atoms with Gasteiger partial charge in [0, 0.05) is 17.8 Å². The largest absolute Gasteiger partial charge is 0.325 e. The summed E-state index contributed by atoms with van der Waals surface area (Å²) in [5.74, 6) is 1.49. The maximum absolute atomic E-state index is 12.5. The van der Waals surface area contributed by atoms with Gasteiger partial charge in [-0.1, -0.05) is 74.1 Å². The summed E-state index contributed by atoms with van der Waals surface area (Å²) in [5, 5.41) is 12.4. The molecule has 5 nitrogen and oxygen atoms in total. The zero-order valence-electron chi connectivity index (χ0n) is 16.6. The van der Waals surface area contributed by atoms with Gasteiger partial charge in [0.1, 0.15) is 0 Å². The fourth-order valence-electron chi connectivity index (χ4n) is 3.06. The minimum absolute atomic E-state index is 0.0346. The first-order chi connectivity index (χ1) is 13.6. The van der Waals surface area contributed by atoms with Gasteiger partial charge in [-0.15, -0.1) is 10.2 Å². The standard InChI is InChI=1S/C22H26N4OS/c1-4-16(3)18-13-9-10-14-19(18)23-20(27)15-28-22-25-24-21(26(22)5-2)17-11-7-6-8-12-17/h6-14,16H,4-5,15H2,1-3H3,(H,23,27)/t16-/m1/s1. The van der Waals surface area contributed by atoms with Gasteiger partial charge >= 0.3 is 0 Å². The van der Waals surface area contributed by atoms with E-state index in [1.54, 1.807) is 0 Å². The highest BCUT2D eigenvalue weighted by Gasteiger charge is 2.15. The zero-order valence-corrected chi connectivity index (χ0v) is 17.4. The van der Waals surface area contributed by atoms with E-state index in [1.165, 1.54) is 17.3 Å². The number of nitrogens with one attached hydrogen (secondary N) is 1. The van der Waals surface area contributed by atoms with Crippen LogP contribution in [0.1, 0.15) is 38.7 Å². The Balaban J connectivity index is 1.68. The van der Waals surface area contributed by atoms with Gasteiger partial charge in [-0.25, -0.2) is 0 Å². The highest BCUT2D eigenvalue weighted by Crippen LogP contribution is 2.27. The minimum atomic E-state index is -0.0346. The first-order valence-corrected chi connectivity index (χ1v) is 10.6. The van der Waals surface area contributed by atoms with E-state index in [1.807, 2.05) is 53.1 Å². The van der Waals surface area contributed by atoms with E-state index >= 15 is 0 Å². The molecule has 3 aromatic rings. The van der Waals surface area contributed by atoms with Crippen molar-refractivity contribution in [1.82, 2.24) is 14.8 Å². The summed E-state index contributed by atoms with van der Waals surface area (Å²) in [5.41, 5.74) is 3.09. The van der Waals surface area contributed by atoms with Gasteiger partial charge in [-0.2, -0.15) is 0 Å². The second-order valence-electron chi connectivity index (χ2n) is 6.65. The number of carbonyl (C=O) groups is 1. The smallest absolute Gasteiger partial charge is 0.234 e. The van der Waals surface area contributed by atoms with Crippen molar-refractivity contribution in [2.24, 2.45) is 0 Å². The number of benzene rings is 2. The van der Waals surface area contributed by atoms with Crippen LogP contribution in [0.25, 0.3) is 11.4 Å². The van der Waals surface area contributed by atoms with E-state index in [0.29, 0.717) is 11.7 Å². The van der Waals surface area contributed by atoms with Crippen molar-refractivity contribution in [3.05, 3.63) is 60.2 Å². The lowest BCUT2D eigenvalue weighted by Crippen LogP contribution is -2.16. The Kier molecular flexibility index (Phi) is 6.87. The molecule has 3 rings (SSSR count). The SMILES string of the molecule is CC[C@@H](C)c1ccccc1NC(=O)CSc1nnc(-c2ccccc2)n1CC. The molecule has 0 spiro atoms. The van der Waals surface area contributed by atoms with E-state index < -0.39 is 0 Å². The van der Waals surface area contributed by atoms with Crippen LogP contribution in [-0.4, -0.2) is 26.4 Å². The van der Waals surface area contributed by atoms with Crippen LogP contribution in [0.5, 0.6) is 0 Å². The number of carbonyl (C=O) groups excluding carboxylic acids is 1. The monoisotopic (exact) mass is 394 g/mol. The van der Waals surface area contributed by atoms with Crippen LogP contribution in [0.4, 0.5) is 5.69 Å².